The molecule has 0 atom stereocenters. The summed E-state index contributed by atoms with van der Waals surface area (Å²) in [5.41, 5.74) is 0.634. The highest BCUT2D eigenvalue weighted by Crippen LogP contribution is 2.29. The van der Waals surface area contributed by atoms with Gasteiger partial charge in [-0.05, 0) is 24.6 Å². The molecule has 0 saturated carbocycles. The second kappa shape index (κ2) is 7.74. The second-order valence-corrected chi connectivity index (χ2v) is 6.85. The number of carbonyl (C=O) groups is 2. The van der Waals surface area contributed by atoms with Crippen LogP contribution in [0.3, 0.4) is 0 Å². The number of non-ortho nitro benzene ring substituents is 1. The van der Waals surface area contributed by atoms with Crippen molar-refractivity contribution in [1.82, 2.24) is 9.55 Å². The summed E-state index contributed by atoms with van der Waals surface area (Å²) < 4.78 is 1.13. The molecule has 3 aromatic rings. The average molecular weight is 407 g/mol. The maximum Gasteiger partial charge on any atom is 0.271 e. The summed E-state index contributed by atoms with van der Waals surface area (Å²) in [4.78, 5) is 53.3. The van der Waals surface area contributed by atoms with Crippen LogP contribution in [0.2, 0.25) is 0 Å². The molecular formula is C20H17N5O5. The van der Waals surface area contributed by atoms with Gasteiger partial charge in [-0.25, -0.2) is 4.98 Å². The Labute approximate surface area is 169 Å². The summed E-state index contributed by atoms with van der Waals surface area (Å²) in [6.07, 6.45) is 2.42. The van der Waals surface area contributed by atoms with Crippen molar-refractivity contribution in [3.05, 3.63) is 69.3 Å². The minimum atomic E-state index is -0.567. The highest BCUT2D eigenvalue weighted by atomic mass is 16.6. The minimum absolute atomic E-state index is 0.000686. The number of nitro benzene ring substituents is 1. The zero-order chi connectivity index (χ0) is 21.3. The monoisotopic (exact) mass is 407 g/mol. The van der Waals surface area contributed by atoms with Crippen molar-refractivity contribution in [3.63, 3.8) is 0 Å². The van der Waals surface area contributed by atoms with Crippen LogP contribution in [0.4, 0.5) is 17.1 Å². The van der Waals surface area contributed by atoms with Crippen LogP contribution in [0.25, 0.3) is 10.9 Å². The molecule has 2 aromatic carbocycles. The first kappa shape index (κ1) is 19.2. The predicted octanol–water partition coefficient (Wildman–Crippen LogP) is 2.07. The van der Waals surface area contributed by atoms with Crippen molar-refractivity contribution < 1.29 is 14.5 Å². The molecule has 0 unspecified atom stereocenters. The molecule has 0 radical (unpaired) electrons. The fourth-order valence-electron chi connectivity index (χ4n) is 3.43. The molecule has 152 valence electrons. The number of nitrogens with one attached hydrogen (secondary N) is 1. The number of carbonyl (C=O) groups excluding carboxylic acids is 2. The van der Waals surface area contributed by atoms with E-state index in [1.807, 2.05) is 0 Å². The molecule has 30 heavy (non-hydrogen) atoms. The van der Waals surface area contributed by atoms with Crippen LogP contribution in [0.15, 0.2) is 53.6 Å². The zero-order valence-electron chi connectivity index (χ0n) is 15.8. The number of benzene rings is 2. The quantitative estimate of drug-likeness (QED) is 0.509. The van der Waals surface area contributed by atoms with E-state index in [9.17, 15) is 24.5 Å². The lowest BCUT2D eigenvalue weighted by atomic mass is 10.2. The number of rotatable bonds is 5. The van der Waals surface area contributed by atoms with Gasteiger partial charge in [0.25, 0.3) is 11.2 Å². The summed E-state index contributed by atoms with van der Waals surface area (Å²) in [6, 6.07) is 10.7. The molecular weight excluding hydrogens is 390 g/mol. The number of anilines is 2. The van der Waals surface area contributed by atoms with E-state index in [1.165, 1.54) is 24.5 Å². The Morgan fingerprint density at radius 3 is 2.73 bits per heavy atom. The molecule has 4 rings (SSSR count). The van der Waals surface area contributed by atoms with Gasteiger partial charge >= 0.3 is 0 Å². The standard InChI is InChI=1S/C20H17N5O5/c26-18(22-15-4-1-2-5-17(15)24-9-3-6-19(24)27)11-23-12-21-16-10-13(25(29)30)7-8-14(16)20(23)28/h1-2,4-5,7-8,10,12H,3,6,9,11H2,(H,22,26). The van der Waals surface area contributed by atoms with Gasteiger partial charge in [-0.15, -0.1) is 0 Å². The second-order valence-electron chi connectivity index (χ2n) is 6.85. The zero-order valence-corrected chi connectivity index (χ0v) is 15.8. The Balaban J connectivity index is 1.57. The smallest absolute Gasteiger partial charge is 0.271 e. The third-order valence-corrected chi connectivity index (χ3v) is 4.88. The van der Waals surface area contributed by atoms with Crippen LogP contribution in [0.1, 0.15) is 12.8 Å². The van der Waals surface area contributed by atoms with Crippen molar-refractivity contribution in [2.24, 2.45) is 0 Å². The number of amides is 2. The summed E-state index contributed by atoms with van der Waals surface area (Å²) in [5, 5.41) is 13.8. The maximum atomic E-state index is 12.6. The van der Waals surface area contributed by atoms with Gasteiger partial charge in [0.2, 0.25) is 11.8 Å². The van der Waals surface area contributed by atoms with E-state index in [2.05, 4.69) is 10.3 Å². The van der Waals surface area contributed by atoms with Crippen molar-refractivity contribution in [2.75, 3.05) is 16.8 Å². The molecule has 10 heteroatoms. The van der Waals surface area contributed by atoms with Crippen LogP contribution in [-0.4, -0.2) is 32.8 Å². The van der Waals surface area contributed by atoms with Gasteiger partial charge in [0.15, 0.2) is 0 Å². The van der Waals surface area contributed by atoms with Gasteiger partial charge in [0, 0.05) is 25.1 Å². The fraction of sp³-hybridized carbons (Fsp3) is 0.200. The van der Waals surface area contributed by atoms with Crippen LogP contribution in [0, 0.1) is 10.1 Å². The summed E-state index contributed by atoms with van der Waals surface area (Å²) in [5.74, 6) is -0.458. The van der Waals surface area contributed by atoms with Gasteiger partial charge in [0.1, 0.15) is 6.54 Å². The molecule has 1 N–H and O–H groups in total. The van der Waals surface area contributed by atoms with Gasteiger partial charge in [-0.2, -0.15) is 0 Å². The van der Waals surface area contributed by atoms with E-state index in [4.69, 9.17) is 0 Å². The first-order chi connectivity index (χ1) is 14.4. The molecule has 1 fully saturated rings. The minimum Gasteiger partial charge on any atom is -0.323 e. The molecule has 10 nitrogen and oxygen atoms in total. The van der Waals surface area contributed by atoms with E-state index in [1.54, 1.807) is 29.2 Å². The third kappa shape index (κ3) is 3.62. The van der Waals surface area contributed by atoms with E-state index in [0.717, 1.165) is 11.0 Å². The highest BCUT2D eigenvalue weighted by molar-refractivity contribution is 6.02. The Morgan fingerprint density at radius 2 is 2.00 bits per heavy atom. The number of hydrogen-bond donors (Lipinski definition) is 1. The number of nitro groups is 1. The molecule has 0 spiro atoms. The Bertz CT molecular complexity index is 1240. The van der Waals surface area contributed by atoms with Crippen LogP contribution >= 0.6 is 0 Å². The molecule has 1 aromatic heterocycles. The lowest BCUT2D eigenvalue weighted by Crippen LogP contribution is -2.29. The van der Waals surface area contributed by atoms with E-state index >= 15 is 0 Å². The van der Waals surface area contributed by atoms with E-state index < -0.39 is 16.4 Å². The molecule has 0 aliphatic carbocycles. The molecule has 1 aliphatic rings. The lowest BCUT2D eigenvalue weighted by Gasteiger charge is -2.20. The van der Waals surface area contributed by atoms with Crippen LogP contribution < -0.4 is 15.8 Å². The van der Waals surface area contributed by atoms with E-state index in [0.29, 0.717) is 24.3 Å². The van der Waals surface area contributed by atoms with Crippen molar-refractivity contribution >= 4 is 39.8 Å². The topological polar surface area (TPSA) is 127 Å². The number of para-hydroxylation sites is 2. The maximum absolute atomic E-state index is 12.6. The largest absolute Gasteiger partial charge is 0.323 e. The predicted molar refractivity (Wildman–Crippen MR) is 109 cm³/mol. The average Bonchev–Trinajstić information content (AvgIpc) is 3.16. The Hall–Kier alpha value is -4.08. The van der Waals surface area contributed by atoms with Crippen molar-refractivity contribution in [2.45, 2.75) is 19.4 Å². The number of aromatic nitrogens is 2. The van der Waals surface area contributed by atoms with Crippen LogP contribution in [0.5, 0.6) is 0 Å². The number of fused-ring (bicyclic) bond motifs is 1. The van der Waals surface area contributed by atoms with Gasteiger partial charge in [0.05, 0.1) is 33.5 Å². The van der Waals surface area contributed by atoms with Gasteiger partial charge in [-0.1, -0.05) is 12.1 Å². The SMILES string of the molecule is O=C(Cn1cnc2cc([N+](=O)[O-])ccc2c1=O)Nc1ccccc1N1CCCC1=O. The Morgan fingerprint density at radius 1 is 1.20 bits per heavy atom. The molecule has 1 aliphatic heterocycles. The molecule has 0 bridgehead atoms. The Kier molecular flexibility index (Phi) is 4.97. The number of nitrogens with zero attached hydrogens (tertiary/aromatic N) is 4. The van der Waals surface area contributed by atoms with Crippen LogP contribution in [-0.2, 0) is 16.1 Å². The van der Waals surface area contributed by atoms with Crippen molar-refractivity contribution in [1.29, 1.82) is 0 Å². The third-order valence-electron chi connectivity index (χ3n) is 4.88. The summed E-state index contributed by atoms with van der Waals surface area (Å²) in [7, 11) is 0. The summed E-state index contributed by atoms with van der Waals surface area (Å²) in [6.45, 7) is 0.299. The first-order valence-corrected chi connectivity index (χ1v) is 9.27. The molecule has 1 saturated heterocycles. The number of hydrogen-bond acceptors (Lipinski definition) is 6. The highest BCUT2D eigenvalue weighted by Gasteiger charge is 2.24. The van der Waals surface area contributed by atoms with Crippen molar-refractivity contribution in [3.8, 4) is 0 Å². The van der Waals surface area contributed by atoms with Gasteiger partial charge < -0.3 is 10.2 Å². The van der Waals surface area contributed by atoms with Gasteiger partial charge in [-0.3, -0.25) is 29.1 Å². The summed E-state index contributed by atoms with van der Waals surface area (Å²) >= 11 is 0. The fourth-order valence-corrected chi connectivity index (χ4v) is 3.43. The molecule has 2 heterocycles. The van der Waals surface area contributed by atoms with E-state index in [-0.39, 0.29) is 29.0 Å². The normalized spacial score (nSPS) is 13.6. The lowest BCUT2D eigenvalue weighted by molar-refractivity contribution is -0.384. The first-order valence-electron chi connectivity index (χ1n) is 9.27. The molecule has 2 amide bonds.